The number of aliphatic hydroxyl groups is 1. The number of amides is 2. The van der Waals surface area contributed by atoms with E-state index < -0.39 is 59.5 Å². The molecule has 174 valence electrons. The Kier molecular flexibility index (Phi) is 5.71. The number of carboxylic acids is 1. The minimum absolute atomic E-state index is 0.00382. The third-order valence-electron chi connectivity index (χ3n) is 6.27. The summed E-state index contributed by atoms with van der Waals surface area (Å²) in [5.41, 5.74) is -2.58. The van der Waals surface area contributed by atoms with Gasteiger partial charge in [-0.1, -0.05) is 18.2 Å². The van der Waals surface area contributed by atoms with E-state index in [1.165, 1.54) is 6.07 Å². The zero-order valence-corrected chi connectivity index (χ0v) is 17.1. The first kappa shape index (κ1) is 22.9. The van der Waals surface area contributed by atoms with Crippen LogP contribution in [0.4, 0.5) is 13.2 Å². The highest BCUT2D eigenvalue weighted by molar-refractivity contribution is 6.09. The first-order valence-corrected chi connectivity index (χ1v) is 10.1. The molecule has 4 unspecified atom stereocenters. The summed E-state index contributed by atoms with van der Waals surface area (Å²) in [6, 6.07) is 8.08. The molecule has 4 atom stereocenters. The van der Waals surface area contributed by atoms with Crippen molar-refractivity contribution in [3.63, 3.8) is 0 Å². The highest BCUT2D eigenvalue weighted by Gasteiger charge is 2.68. The van der Waals surface area contributed by atoms with E-state index in [0.29, 0.717) is 5.69 Å². The van der Waals surface area contributed by atoms with Gasteiger partial charge in [-0.15, -0.1) is 0 Å². The molecular formula is C22H20F3N3O5. The second-order valence-corrected chi connectivity index (χ2v) is 8.08. The SMILES string of the molecule is O=C1C2C(c3cccc(C(F)(F)F)c3)NC(CO)(C(=O)O)C2C(=O)N1CCc1ccccn1. The zero-order valence-electron chi connectivity index (χ0n) is 17.1. The van der Waals surface area contributed by atoms with Crippen LogP contribution >= 0.6 is 0 Å². The first-order valence-electron chi connectivity index (χ1n) is 10.1. The summed E-state index contributed by atoms with van der Waals surface area (Å²) in [6.07, 6.45) is -2.88. The van der Waals surface area contributed by atoms with Gasteiger partial charge in [-0.25, -0.2) is 0 Å². The van der Waals surface area contributed by atoms with Crippen molar-refractivity contribution >= 4 is 17.8 Å². The van der Waals surface area contributed by atoms with E-state index in [9.17, 15) is 37.8 Å². The zero-order chi connectivity index (χ0) is 24.0. The number of fused-ring (bicyclic) bond motifs is 1. The van der Waals surface area contributed by atoms with Gasteiger partial charge in [-0.2, -0.15) is 13.2 Å². The highest BCUT2D eigenvalue weighted by atomic mass is 19.4. The Bertz CT molecular complexity index is 1090. The van der Waals surface area contributed by atoms with Crippen LogP contribution in [0.2, 0.25) is 0 Å². The third kappa shape index (κ3) is 3.76. The smallest absolute Gasteiger partial charge is 0.416 e. The molecular weight excluding hydrogens is 443 g/mol. The molecule has 1 aromatic heterocycles. The number of nitrogens with one attached hydrogen (secondary N) is 1. The number of aromatic nitrogens is 1. The molecule has 3 N–H and O–H groups in total. The van der Waals surface area contributed by atoms with Crippen LogP contribution < -0.4 is 5.32 Å². The standard InChI is InChI=1S/C22H20F3N3O5/c23-22(24,25)13-5-3-4-12(10-13)17-15-16(21(11-29,27-17)20(32)33)19(31)28(18(15)30)9-7-14-6-1-2-8-26-14/h1-6,8,10,15-17,27,29H,7,9,11H2,(H,32,33). The van der Waals surface area contributed by atoms with E-state index in [2.05, 4.69) is 10.3 Å². The molecule has 0 spiro atoms. The summed E-state index contributed by atoms with van der Waals surface area (Å²) in [7, 11) is 0. The van der Waals surface area contributed by atoms with Crippen LogP contribution in [0.5, 0.6) is 0 Å². The van der Waals surface area contributed by atoms with Crippen molar-refractivity contribution < 1.29 is 37.8 Å². The molecule has 4 rings (SSSR count). The Morgan fingerprint density at radius 1 is 1.15 bits per heavy atom. The van der Waals surface area contributed by atoms with Crippen LogP contribution in [0, 0.1) is 11.8 Å². The quantitative estimate of drug-likeness (QED) is 0.554. The van der Waals surface area contributed by atoms with Crippen LogP contribution in [0.1, 0.15) is 22.9 Å². The Morgan fingerprint density at radius 2 is 1.91 bits per heavy atom. The lowest BCUT2D eigenvalue weighted by Crippen LogP contribution is -2.58. The van der Waals surface area contributed by atoms with Crippen LogP contribution in [0.25, 0.3) is 0 Å². The largest absolute Gasteiger partial charge is 0.480 e. The number of carbonyl (C=O) groups is 3. The number of pyridine rings is 1. The number of hydrogen-bond donors (Lipinski definition) is 3. The van der Waals surface area contributed by atoms with Crippen molar-refractivity contribution in [1.82, 2.24) is 15.2 Å². The van der Waals surface area contributed by atoms with Crippen molar-refractivity contribution in [2.75, 3.05) is 13.2 Å². The van der Waals surface area contributed by atoms with Gasteiger partial charge in [0.25, 0.3) is 0 Å². The number of alkyl halides is 3. The fourth-order valence-electron chi connectivity index (χ4n) is 4.66. The third-order valence-corrected chi connectivity index (χ3v) is 6.27. The summed E-state index contributed by atoms with van der Waals surface area (Å²) >= 11 is 0. The number of carbonyl (C=O) groups excluding carboxylic acids is 2. The topological polar surface area (TPSA) is 120 Å². The summed E-state index contributed by atoms with van der Waals surface area (Å²) in [4.78, 5) is 43.6. The van der Waals surface area contributed by atoms with E-state index in [0.717, 1.165) is 23.1 Å². The number of carboxylic acid groups (broad SMARTS) is 1. The lowest BCUT2D eigenvalue weighted by molar-refractivity contribution is -0.153. The van der Waals surface area contributed by atoms with E-state index in [-0.39, 0.29) is 18.5 Å². The fourth-order valence-corrected chi connectivity index (χ4v) is 4.66. The number of rotatable bonds is 6. The average Bonchev–Trinajstić information content (AvgIpc) is 3.27. The van der Waals surface area contributed by atoms with E-state index in [4.69, 9.17) is 0 Å². The van der Waals surface area contributed by atoms with Gasteiger partial charge in [0.2, 0.25) is 11.8 Å². The van der Waals surface area contributed by atoms with Gasteiger partial charge in [0.15, 0.2) is 5.54 Å². The number of aliphatic carboxylic acids is 1. The van der Waals surface area contributed by atoms with Crippen molar-refractivity contribution in [3.8, 4) is 0 Å². The normalized spacial score (nSPS) is 27.2. The molecule has 0 radical (unpaired) electrons. The van der Waals surface area contributed by atoms with Gasteiger partial charge in [0.05, 0.1) is 24.0 Å². The molecule has 2 aromatic rings. The Labute approximate surface area is 186 Å². The minimum Gasteiger partial charge on any atom is -0.480 e. The molecule has 0 aliphatic carbocycles. The molecule has 0 bridgehead atoms. The van der Waals surface area contributed by atoms with Crippen LogP contribution in [-0.2, 0) is 27.0 Å². The molecule has 33 heavy (non-hydrogen) atoms. The lowest BCUT2D eigenvalue weighted by atomic mass is 9.79. The van der Waals surface area contributed by atoms with Gasteiger partial charge >= 0.3 is 12.1 Å². The summed E-state index contributed by atoms with van der Waals surface area (Å²) < 4.78 is 39.7. The maximum Gasteiger partial charge on any atom is 0.416 e. The second-order valence-electron chi connectivity index (χ2n) is 8.08. The maximum absolute atomic E-state index is 13.3. The number of benzene rings is 1. The predicted molar refractivity (Wildman–Crippen MR) is 106 cm³/mol. The van der Waals surface area contributed by atoms with Crippen molar-refractivity contribution in [2.45, 2.75) is 24.2 Å². The number of hydrogen-bond acceptors (Lipinski definition) is 6. The molecule has 0 saturated carbocycles. The molecule has 2 fully saturated rings. The summed E-state index contributed by atoms with van der Waals surface area (Å²) in [5.74, 6) is -5.82. The summed E-state index contributed by atoms with van der Waals surface area (Å²) in [6.45, 7) is -1.09. The Morgan fingerprint density at radius 3 is 2.52 bits per heavy atom. The van der Waals surface area contributed by atoms with Crippen LogP contribution in [0.3, 0.4) is 0 Å². The van der Waals surface area contributed by atoms with Gasteiger partial charge in [-0.05, 0) is 29.8 Å². The average molecular weight is 463 g/mol. The minimum atomic E-state index is -4.65. The highest BCUT2D eigenvalue weighted by Crippen LogP contribution is 2.49. The molecule has 2 aliphatic heterocycles. The number of imide groups is 1. The van der Waals surface area contributed by atoms with Crippen molar-refractivity contribution in [1.29, 1.82) is 0 Å². The number of halogens is 3. The monoisotopic (exact) mass is 463 g/mol. The molecule has 1 aromatic carbocycles. The maximum atomic E-state index is 13.3. The number of aliphatic hydroxyl groups excluding tert-OH is 1. The second kappa shape index (κ2) is 8.23. The van der Waals surface area contributed by atoms with Gasteiger partial charge < -0.3 is 10.2 Å². The summed E-state index contributed by atoms with van der Waals surface area (Å²) in [5, 5.41) is 22.4. The van der Waals surface area contributed by atoms with Crippen molar-refractivity contribution in [2.24, 2.45) is 11.8 Å². The van der Waals surface area contributed by atoms with E-state index in [1.807, 2.05) is 0 Å². The fraction of sp³-hybridized carbons (Fsp3) is 0.364. The molecule has 3 heterocycles. The van der Waals surface area contributed by atoms with Gasteiger partial charge in [0, 0.05) is 30.9 Å². The molecule has 2 aliphatic rings. The number of likely N-dealkylation sites (tertiary alicyclic amines) is 1. The molecule has 8 nitrogen and oxygen atoms in total. The molecule has 11 heteroatoms. The van der Waals surface area contributed by atoms with E-state index >= 15 is 0 Å². The van der Waals surface area contributed by atoms with Gasteiger partial charge in [-0.3, -0.25) is 29.6 Å². The van der Waals surface area contributed by atoms with Gasteiger partial charge in [0.1, 0.15) is 0 Å². The van der Waals surface area contributed by atoms with E-state index in [1.54, 1.807) is 24.4 Å². The Balaban J connectivity index is 1.72. The predicted octanol–water partition coefficient (Wildman–Crippen LogP) is 1.40. The van der Waals surface area contributed by atoms with Crippen LogP contribution in [-0.4, -0.2) is 56.6 Å². The molecule has 2 amide bonds. The van der Waals surface area contributed by atoms with Crippen LogP contribution in [0.15, 0.2) is 48.7 Å². The number of nitrogens with zero attached hydrogens (tertiary/aromatic N) is 2. The van der Waals surface area contributed by atoms with Crippen molar-refractivity contribution in [3.05, 3.63) is 65.5 Å². The molecule has 2 saturated heterocycles. The first-order chi connectivity index (χ1) is 15.6. The Hall–Kier alpha value is -3.31. The lowest BCUT2D eigenvalue weighted by Gasteiger charge is -2.29.